The van der Waals surface area contributed by atoms with Crippen molar-refractivity contribution >= 4 is 51.9 Å². The van der Waals surface area contributed by atoms with Crippen LogP contribution in [-0.2, 0) is 9.59 Å². The molecule has 28 heavy (non-hydrogen) atoms. The van der Waals surface area contributed by atoms with Gasteiger partial charge in [-0.3, -0.25) is 9.69 Å². The summed E-state index contributed by atoms with van der Waals surface area (Å²) in [7, 11) is 0. The van der Waals surface area contributed by atoms with Crippen molar-refractivity contribution in [2.45, 2.75) is 6.92 Å². The van der Waals surface area contributed by atoms with E-state index in [4.69, 9.17) is 26.8 Å². The van der Waals surface area contributed by atoms with E-state index in [-0.39, 0.29) is 5.91 Å². The summed E-state index contributed by atoms with van der Waals surface area (Å²) in [5.41, 5.74) is 1.39. The first kappa shape index (κ1) is 19.9. The number of aliphatic carboxylic acids is 1. The lowest BCUT2D eigenvalue weighted by Gasteiger charge is -2.15. The lowest BCUT2D eigenvalue weighted by molar-refractivity contribution is -0.139. The van der Waals surface area contributed by atoms with Gasteiger partial charge in [0.1, 0.15) is 11.5 Å². The molecule has 8 heteroatoms. The lowest BCUT2D eigenvalue weighted by atomic mass is 10.2. The van der Waals surface area contributed by atoms with Crippen molar-refractivity contribution in [1.82, 2.24) is 0 Å². The Balaban J connectivity index is 1.79. The molecule has 0 unspecified atom stereocenters. The molecule has 2 aromatic rings. The van der Waals surface area contributed by atoms with E-state index in [0.717, 1.165) is 11.3 Å². The van der Waals surface area contributed by atoms with Gasteiger partial charge in [-0.25, -0.2) is 4.79 Å². The number of rotatable bonds is 7. The Bertz CT molecular complexity index is 940. The van der Waals surface area contributed by atoms with Crippen molar-refractivity contribution < 1.29 is 24.2 Å². The number of ether oxygens (including phenoxy) is 2. The van der Waals surface area contributed by atoms with Gasteiger partial charge in [-0.1, -0.05) is 36.1 Å². The molecule has 0 aromatic heterocycles. The fourth-order valence-corrected chi connectivity index (χ4v) is 3.84. The number of thioether (sulfide) groups is 1. The van der Waals surface area contributed by atoms with Crippen molar-refractivity contribution in [2.75, 3.05) is 18.1 Å². The maximum Gasteiger partial charge on any atom is 0.341 e. The van der Waals surface area contributed by atoms with E-state index in [9.17, 15) is 9.59 Å². The second-order valence-electron chi connectivity index (χ2n) is 5.70. The zero-order chi connectivity index (χ0) is 20.1. The van der Waals surface area contributed by atoms with Crippen molar-refractivity contribution in [3.05, 3.63) is 59.0 Å². The predicted molar refractivity (Wildman–Crippen MR) is 113 cm³/mol. The third-order valence-corrected chi connectivity index (χ3v) is 5.02. The number of anilines is 1. The van der Waals surface area contributed by atoms with Crippen LogP contribution in [0.3, 0.4) is 0 Å². The van der Waals surface area contributed by atoms with E-state index in [0.29, 0.717) is 27.3 Å². The Morgan fingerprint density at radius 2 is 1.93 bits per heavy atom. The number of benzene rings is 2. The van der Waals surface area contributed by atoms with Gasteiger partial charge in [0.05, 0.1) is 17.2 Å². The first-order valence-corrected chi connectivity index (χ1v) is 9.66. The number of carbonyl (C=O) groups is 2. The quantitative estimate of drug-likeness (QED) is 0.542. The summed E-state index contributed by atoms with van der Waals surface area (Å²) >= 11 is 6.59. The highest BCUT2D eigenvalue weighted by Gasteiger charge is 2.33. The zero-order valence-electron chi connectivity index (χ0n) is 15.0. The molecule has 1 aliphatic heterocycles. The first-order chi connectivity index (χ1) is 13.5. The lowest BCUT2D eigenvalue weighted by Crippen LogP contribution is -2.27. The molecular weight excluding hydrogens is 398 g/mol. The molecular formula is C20H17NO5S2. The van der Waals surface area contributed by atoms with Gasteiger partial charge in [0.25, 0.3) is 5.91 Å². The van der Waals surface area contributed by atoms with Gasteiger partial charge in [-0.15, -0.1) is 0 Å². The minimum absolute atomic E-state index is 0.212. The Morgan fingerprint density at radius 1 is 1.18 bits per heavy atom. The van der Waals surface area contributed by atoms with E-state index >= 15 is 0 Å². The van der Waals surface area contributed by atoms with Gasteiger partial charge in [-0.05, 0) is 55.0 Å². The highest BCUT2D eigenvalue weighted by molar-refractivity contribution is 8.27. The maximum atomic E-state index is 12.8. The average molecular weight is 415 g/mol. The van der Waals surface area contributed by atoms with Crippen molar-refractivity contribution in [2.24, 2.45) is 0 Å². The summed E-state index contributed by atoms with van der Waals surface area (Å²) in [5, 5.41) is 8.71. The molecule has 2 aromatic carbocycles. The second-order valence-corrected chi connectivity index (χ2v) is 7.37. The summed E-state index contributed by atoms with van der Waals surface area (Å²) in [6.45, 7) is 2.05. The molecule has 0 spiro atoms. The van der Waals surface area contributed by atoms with Gasteiger partial charge in [-0.2, -0.15) is 0 Å². The highest BCUT2D eigenvalue weighted by atomic mass is 32.2. The van der Waals surface area contributed by atoms with Crippen LogP contribution in [0.2, 0.25) is 0 Å². The summed E-state index contributed by atoms with van der Waals surface area (Å²) in [4.78, 5) is 25.4. The molecule has 144 valence electrons. The number of carboxylic acid groups (broad SMARTS) is 1. The zero-order valence-corrected chi connectivity index (χ0v) is 16.6. The number of thiocarbonyl (C=S) groups is 1. The molecule has 3 rings (SSSR count). The van der Waals surface area contributed by atoms with E-state index in [2.05, 4.69) is 0 Å². The Hall–Kier alpha value is -2.84. The second kappa shape index (κ2) is 8.90. The average Bonchev–Trinajstić information content (AvgIpc) is 2.95. The number of hydrogen-bond acceptors (Lipinski definition) is 6. The number of hydrogen-bond donors (Lipinski definition) is 1. The largest absolute Gasteiger partial charge is 0.494 e. The molecule has 0 aliphatic carbocycles. The van der Waals surface area contributed by atoms with Gasteiger partial charge < -0.3 is 14.6 Å². The number of amides is 1. The Labute approximate surface area is 171 Å². The SMILES string of the molecule is CCOc1ccc(N2C(=O)/C(=C\c3cccc(OCC(=O)O)c3)SC2=S)cc1. The molecule has 1 amide bonds. The van der Waals surface area contributed by atoms with Crippen LogP contribution < -0.4 is 14.4 Å². The molecule has 1 saturated heterocycles. The standard InChI is InChI=1S/C20H17NO5S2/c1-2-25-15-8-6-14(7-9-15)21-19(24)17(28-20(21)27)11-13-4-3-5-16(10-13)26-12-18(22)23/h3-11H,2,12H2,1H3,(H,22,23)/b17-11+. The molecule has 1 aliphatic rings. The van der Waals surface area contributed by atoms with Gasteiger partial charge >= 0.3 is 5.97 Å². The maximum absolute atomic E-state index is 12.8. The fraction of sp³-hybridized carbons (Fsp3) is 0.150. The molecule has 1 heterocycles. The molecule has 0 bridgehead atoms. The summed E-state index contributed by atoms with van der Waals surface area (Å²) in [5.74, 6) is -0.124. The third-order valence-electron chi connectivity index (χ3n) is 3.72. The van der Waals surface area contributed by atoms with Crippen molar-refractivity contribution in [1.29, 1.82) is 0 Å². The first-order valence-electron chi connectivity index (χ1n) is 8.43. The normalized spacial score (nSPS) is 15.2. The van der Waals surface area contributed by atoms with Crippen LogP contribution in [0.15, 0.2) is 53.4 Å². The van der Waals surface area contributed by atoms with Crippen LogP contribution in [0.25, 0.3) is 6.08 Å². The minimum atomic E-state index is -1.05. The van der Waals surface area contributed by atoms with Crippen LogP contribution in [-0.4, -0.2) is 34.5 Å². The molecule has 0 radical (unpaired) electrons. The van der Waals surface area contributed by atoms with Crippen LogP contribution in [0, 0.1) is 0 Å². The Morgan fingerprint density at radius 3 is 2.61 bits per heavy atom. The van der Waals surface area contributed by atoms with Crippen LogP contribution in [0.4, 0.5) is 5.69 Å². The topological polar surface area (TPSA) is 76.1 Å². The van der Waals surface area contributed by atoms with E-state index in [1.165, 1.54) is 16.7 Å². The van der Waals surface area contributed by atoms with Crippen LogP contribution in [0.5, 0.6) is 11.5 Å². The summed E-state index contributed by atoms with van der Waals surface area (Å²) in [6, 6.07) is 14.0. The summed E-state index contributed by atoms with van der Waals surface area (Å²) in [6.07, 6.45) is 1.71. The number of carbonyl (C=O) groups excluding carboxylic acids is 1. The minimum Gasteiger partial charge on any atom is -0.494 e. The Kier molecular flexibility index (Phi) is 6.33. The molecule has 1 N–H and O–H groups in total. The van der Waals surface area contributed by atoms with Gasteiger partial charge in [0.2, 0.25) is 0 Å². The van der Waals surface area contributed by atoms with E-state index in [1.807, 2.05) is 6.92 Å². The van der Waals surface area contributed by atoms with Crippen molar-refractivity contribution in [3.8, 4) is 11.5 Å². The van der Waals surface area contributed by atoms with E-state index in [1.54, 1.807) is 54.6 Å². The van der Waals surface area contributed by atoms with E-state index < -0.39 is 12.6 Å². The van der Waals surface area contributed by atoms with Crippen LogP contribution >= 0.6 is 24.0 Å². The monoisotopic (exact) mass is 415 g/mol. The van der Waals surface area contributed by atoms with Gasteiger partial charge in [0, 0.05) is 0 Å². The molecule has 6 nitrogen and oxygen atoms in total. The number of nitrogens with zero attached hydrogens (tertiary/aromatic N) is 1. The molecule has 0 atom stereocenters. The van der Waals surface area contributed by atoms with Crippen LogP contribution in [0.1, 0.15) is 12.5 Å². The molecule has 1 fully saturated rings. The highest BCUT2D eigenvalue weighted by Crippen LogP contribution is 2.36. The number of carboxylic acids is 1. The summed E-state index contributed by atoms with van der Waals surface area (Å²) < 4.78 is 11.0. The fourth-order valence-electron chi connectivity index (χ4n) is 2.54. The van der Waals surface area contributed by atoms with Gasteiger partial charge in [0.15, 0.2) is 10.9 Å². The third kappa shape index (κ3) is 4.71. The van der Waals surface area contributed by atoms with Crippen molar-refractivity contribution in [3.63, 3.8) is 0 Å². The smallest absolute Gasteiger partial charge is 0.341 e. The molecule has 0 saturated carbocycles. The predicted octanol–water partition coefficient (Wildman–Crippen LogP) is 3.95.